The second-order valence-corrected chi connectivity index (χ2v) is 8.42. The second-order valence-electron chi connectivity index (χ2n) is 6.36. The van der Waals surface area contributed by atoms with Crippen molar-refractivity contribution in [3.05, 3.63) is 58.9 Å². The van der Waals surface area contributed by atoms with Gasteiger partial charge in [0.15, 0.2) is 0 Å². The number of benzene rings is 2. The molecule has 0 bridgehead atoms. The molecule has 0 aliphatic rings. The van der Waals surface area contributed by atoms with Crippen LogP contribution < -0.4 is 10.0 Å². The molecule has 0 unspecified atom stereocenters. The summed E-state index contributed by atoms with van der Waals surface area (Å²) in [6.45, 7) is 3.50. The SMILES string of the molecule is Cc1cc2c(C)nc(NC(=O)NS(=O)(=O)c3cccc4cccc(Cl)c34)nc2o1. The Labute approximate surface area is 171 Å². The highest BCUT2D eigenvalue weighted by atomic mass is 35.5. The molecule has 8 nitrogen and oxygen atoms in total. The van der Waals surface area contributed by atoms with Crippen molar-refractivity contribution in [1.29, 1.82) is 0 Å². The van der Waals surface area contributed by atoms with Crippen LogP contribution in [-0.4, -0.2) is 24.4 Å². The summed E-state index contributed by atoms with van der Waals surface area (Å²) in [5.74, 6) is 0.572. The fourth-order valence-electron chi connectivity index (χ4n) is 3.03. The van der Waals surface area contributed by atoms with Crippen molar-refractivity contribution in [2.45, 2.75) is 18.7 Å². The van der Waals surface area contributed by atoms with E-state index >= 15 is 0 Å². The van der Waals surface area contributed by atoms with Gasteiger partial charge < -0.3 is 4.42 Å². The van der Waals surface area contributed by atoms with Gasteiger partial charge in [0.2, 0.25) is 11.7 Å². The number of anilines is 1. The van der Waals surface area contributed by atoms with Crippen LogP contribution in [0.4, 0.5) is 10.7 Å². The predicted octanol–water partition coefficient (Wildman–Crippen LogP) is 4.16. The number of hydrogen-bond acceptors (Lipinski definition) is 6. The Kier molecular flexibility index (Phi) is 4.64. The van der Waals surface area contributed by atoms with E-state index in [9.17, 15) is 13.2 Å². The van der Waals surface area contributed by atoms with Crippen molar-refractivity contribution in [1.82, 2.24) is 14.7 Å². The molecule has 0 aliphatic carbocycles. The maximum absolute atomic E-state index is 12.8. The average Bonchev–Trinajstić information content (AvgIpc) is 3.02. The molecule has 2 amide bonds. The van der Waals surface area contributed by atoms with Gasteiger partial charge >= 0.3 is 6.03 Å². The highest BCUT2D eigenvalue weighted by Gasteiger charge is 2.22. The summed E-state index contributed by atoms with van der Waals surface area (Å²) in [6, 6.07) is 10.5. The summed E-state index contributed by atoms with van der Waals surface area (Å²) in [5.41, 5.74) is 0.889. The fourth-order valence-corrected chi connectivity index (χ4v) is 4.53. The van der Waals surface area contributed by atoms with Crippen LogP contribution in [0.1, 0.15) is 11.5 Å². The number of fused-ring (bicyclic) bond motifs is 2. The first-order chi connectivity index (χ1) is 13.7. The van der Waals surface area contributed by atoms with E-state index in [0.29, 0.717) is 33.3 Å². The van der Waals surface area contributed by atoms with Crippen LogP contribution in [0.25, 0.3) is 21.9 Å². The van der Waals surface area contributed by atoms with Crippen LogP contribution in [0.15, 0.2) is 51.8 Å². The summed E-state index contributed by atoms with van der Waals surface area (Å²) in [4.78, 5) is 20.5. The molecule has 4 aromatic rings. The Bertz CT molecular complexity index is 1380. The van der Waals surface area contributed by atoms with Gasteiger partial charge in [-0.25, -0.2) is 22.9 Å². The minimum absolute atomic E-state index is 0.0759. The molecular weight excluding hydrogens is 416 g/mol. The quantitative estimate of drug-likeness (QED) is 0.504. The number of carbonyl (C=O) groups is 1. The first kappa shape index (κ1) is 19.2. The Morgan fingerprint density at radius 1 is 1.10 bits per heavy atom. The number of hydrogen-bond donors (Lipinski definition) is 2. The number of halogens is 1. The first-order valence-electron chi connectivity index (χ1n) is 8.50. The standard InChI is InChI=1S/C19H15ClN4O4S/c1-10-9-13-11(2)21-18(22-17(13)28-10)23-19(25)24-29(26,27)15-8-4-6-12-5-3-7-14(20)16(12)15/h3-9H,1-2H3,(H2,21,22,23,24,25). The molecule has 4 rings (SSSR count). The maximum atomic E-state index is 12.8. The Balaban J connectivity index is 1.63. The van der Waals surface area contributed by atoms with E-state index in [1.54, 1.807) is 50.2 Å². The highest BCUT2D eigenvalue weighted by Crippen LogP contribution is 2.29. The molecule has 148 valence electrons. The van der Waals surface area contributed by atoms with Gasteiger partial charge in [-0.1, -0.05) is 35.9 Å². The van der Waals surface area contributed by atoms with Crippen molar-refractivity contribution in [2.75, 3.05) is 5.32 Å². The van der Waals surface area contributed by atoms with Crippen LogP contribution in [-0.2, 0) is 10.0 Å². The molecule has 0 spiro atoms. The number of sulfonamides is 1. The lowest BCUT2D eigenvalue weighted by atomic mass is 10.1. The van der Waals surface area contributed by atoms with Gasteiger partial charge in [-0.3, -0.25) is 5.32 Å². The van der Waals surface area contributed by atoms with E-state index in [4.69, 9.17) is 16.0 Å². The maximum Gasteiger partial charge on any atom is 0.335 e. The van der Waals surface area contributed by atoms with Crippen molar-refractivity contribution in [3.8, 4) is 0 Å². The van der Waals surface area contributed by atoms with Crippen LogP contribution in [0, 0.1) is 13.8 Å². The minimum atomic E-state index is -4.20. The summed E-state index contributed by atoms with van der Waals surface area (Å²) in [5, 5.41) is 4.28. The summed E-state index contributed by atoms with van der Waals surface area (Å²) >= 11 is 6.19. The van der Waals surface area contributed by atoms with Gasteiger partial charge in [0.25, 0.3) is 10.0 Å². The zero-order chi connectivity index (χ0) is 20.8. The molecule has 0 radical (unpaired) electrons. The highest BCUT2D eigenvalue weighted by molar-refractivity contribution is 7.90. The Hall–Kier alpha value is -3.17. The molecule has 2 heterocycles. The smallest absolute Gasteiger partial charge is 0.335 e. The number of carbonyl (C=O) groups excluding carboxylic acids is 1. The molecule has 2 N–H and O–H groups in total. The van der Waals surface area contributed by atoms with E-state index in [1.165, 1.54) is 6.07 Å². The van der Waals surface area contributed by atoms with Gasteiger partial charge in [-0.05, 0) is 37.4 Å². The lowest BCUT2D eigenvalue weighted by Gasteiger charge is -2.11. The molecule has 2 aromatic heterocycles. The Morgan fingerprint density at radius 2 is 1.83 bits per heavy atom. The van der Waals surface area contributed by atoms with Crippen LogP contribution >= 0.6 is 11.6 Å². The predicted molar refractivity (Wildman–Crippen MR) is 110 cm³/mol. The number of aromatic nitrogens is 2. The van der Waals surface area contributed by atoms with E-state index in [1.807, 2.05) is 4.72 Å². The normalized spacial score (nSPS) is 11.7. The summed E-state index contributed by atoms with van der Waals surface area (Å²) in [6.07, 6.45) is 0. The van der Waals surface area contributed by atoms with Crippen LogP contribution in [0.5, 0.6) is 0 Å². The fraction of sp³-hybridized carbons (Fsp3) is 0.105. The van der Waals surface area contributed by atoms with Gasteiger partial charge in [-0.2, -0.15) is 4.98 Å². The number of nitrogens with one attached hydrogen (secondary N) is 2. The lowest BCUT2D eigenvalue weighted by molar-refractivity contribution is 0.256. The number of amides is 2. The van der Waals surface area contributed by atoms with E-state index in [2.05, 4.69) is 15.3 Å². The zero-order valence-electron chi connectivity index (χ0n) is 15.4. The lowest BCUT2D eigenvalue weighted by Crippen LogP contribution is -2.35. The third-order valence-electron chi connectivity index (χ3n) is 4.26. The molecule has 29 heavy (non-hydrogen) atoms. The third kappa shape index (κ3) is 3.62. The molecule has 0 atom stereocenters. The molecule has 0 saturated carbocycles. The van der Waals surface area contributed by atoms with Gasteiger partial charge in [0.1, 0.15) is 5.76 Å². The molecular formula is C19H15ClN4O4S. The molecule has 2 aromatic carbocycles. The van der Waals surface area contributed by atoms with E-state index in [0.717, 1.165) is 0 Å². The van der Waals surface area contributed by atoms with Gasteiger partial charge in [0.05, 0.1) is 16.0 Å². The molecule has 0 saturated heterocycles. The van der Waals surface area contributed by atoms with E-state index < -0.39 is 16.1 Å². The van der Waals surface area contributed by atoms with Gasteiger partial charge in [0, 0.05) is 10.4 Å². The monoisotopic (exact) mass is 430 g/mol. The summed E-state index contributed by atoms with van der Waals surface area (Å²) in [7, 11) is -4.20. The van der Waals surface area contributed by atoms with E-state index in [-0.39, 0.29) is 15.9 Å². The van der Waals surface area contributed by atoms with Gasteiger partial charge in [-0.15, -0.1) is 0 Å². The van der Waals surface area contributed by atoms with Crippen LogP contribution in [0.3, 0.4) is 0 Å². The third-order valence-corrected chi connectivity index (χ3v) is 5.95. The molecule has 10 heteroatoms. The van der Waals surface area contributed by atoms with Crippen molar-refractivity contribution in [3.63, 3.8) is 0 Å². The van der Waals surface area contributed by atoms with Crippen molar-refractivity contribution < 1.29 is 17.6 Å². The number of nitrogens with zero attached hydrogens (tertiary/aromatic N) is 2. The minimum Gasteiger partial charge on any atom is -0.443 e. The molecule has 0 aliphatic heterocycles. The second kappa shape index (κ2) is 7.02. The number of urea groups is 1. The number of rotatable bonds is 3. The largest absolute Gasteiger partial charge is 0.443 e. The number of aryl methyl sites for hydroxylation is 2. The molecule has 0 fully saturated rings. The zero-order valence-corrected chi connectivity index (χ0v) is 16.9. The van der Waals surface area contributed by atoms with Crippen LogP contribution in [0.2, 0.25) is 5.02 Å². The van der Waals surface area contributed by atoms with Crippen molar-refractivity contribution >= 4 is 55.5 Å². The first-order valence-corrected chi connectivity index (χ1v) is 10.4. The average molecular weight is 431 g/mol. The summed E-state index contributed by atoms with van der Waals surface area (Å²) < 4.78 is 33.0. The number of furan rings is 1. The topological polar surface area (TPSA) is 114 Å². The van der Waals surface area contributed by atoms with Crippen molar-refractivity contribution in [2.24, 2.45) is 0 Å². The Morgan fingerprint density at radius 3 is 2.59 bits per heavy atom.